The van der Waals surface area contributed by atoms with Gasteiger partial charge in [-0.1, -0.05) is 114 Å². The summed E-state index contributed by atoms with van der Waals surface area (Å²) in [5.41, 5.74) is 7.32. The zero-order chi connectivity index (χ0) is 32.1. The quantitative estimate of drug-likeness (QED) is 0.192. The van der Waals surface area contributed by atoms with E-state index >= 15 is 0 Å². The molecule has 2 N–H and O–H groups in total. The van der Waals surface area contributed by atoms with Gasteiger partial charge in [-0.2, -0.15) is 0 Å². The van der Waals surface area contributed by atoms with Gasteiger partial charge in [0.2, 0.25) is 0 Å². The summed E-state index contributed by atoms with van der Waals surface area (Å²) in [7, 11) is 0. The Morgan fingerprint density at radius 3 is 1.23 bits per heavy atom. The molecule has 4 nitrogen and oxygen atoms in total. The fraction of sp³-hybridized carbons (Fsp3) is 0.350. The van der Waals surface area contributed by atoms with Gasteiger partial charge in [0.05, 0.1) is 12.1 Å². The van der Waals surface area contributed by atoms with Gasteiger partial charge < -0.3 is 10.2 Å². The van der Waals surface area contributed by atoms with Crippen LogP contribution in [0.25, 0.3) is 0 Å². The predicted octanol–water partition coefficient (Wildman–Crippen LogP) is 9.07. The highest BCUT2D eigenvalue weighted by molar-refractivity contribution is 5.86. The van der Waals surface area contributed by atoms with Crippen molar-refractivity contribution < 1.29 is 10.2 Å². The van der Waals surface area contributed by atoms with Gasteiger partial charge in [0.25, 0.3) is 0 Å². The number of hydrogen-bond donors (Lipinski definition) is 2. The van der Waals surface area contributed by atoms with Gasteiger partial charge in [-0.25, -0.2) is 0 Å². The van der Waals surface area contributed by atoms with E-state index in [0.29, 0.717) is 24.0 Å². The second kappa shape index (κ2) is 13.6. The highest BCUT2D eigenvalue weighted by atomic mass is 16.3. The van der Waals surface area contributed by atoms with Gasteiger partial charge in [-0.15, -0.1) is 0 Å². The maximum atomic E-state index is 11.3. The van der Waals surface area contributed by atoms with E-state index in [0.717, 1.165) is 22.3 Å². The van der Waals surface area contributed by atoms with Crippen LogP contribution in [0.3, 0.4) is 0 Å². The lowest BCUT2D eigenvalue weighted by atomic mass is 9.84. The first-order valence-electron chi connectivity index (χ1n) is 15.5. The third-order valence-corrected chi connectivity index (χ3v) is 8.01. The average molecular weight is 589 g/mol. The molecule has 0 radical (unpaired) electrons. The lowest BCUT2D eigenvalue weighted by molar-refractivity contribution is 0.444. The third-order valence-electron chi connectivity index (χ3n) is 8.01. The lowest BCUT2D eigenvalue weighted by Crippen LogP contribution is -2.28. The molecule has 44 heavy (non-hydrogen) atoms. The molecule has 230 valence electrons. The summed E-state index contributed by atoms with van der Waals surface area (Å²) in [5.74, 6) is 0.542. The summed E-state index contributed by atoms with van der Waals surface area (Å²) in [5, 5.41) is 22.6. The maximum absolute atomic E-state index is 11.3. The summed E-state index contributed by atoms with van der Waals surface area (Å²) >= 11 is 0. The van der Waals surface area contributed by atoms with Crippen molar-refractivity contribution in [1.29, 1.82) is 0 Å². The molecule has 0 spiro atoms. The standard InChI is InChI=1S/C40H48N2O2/c1-27-19-31(37(43)33(21-27)39(3,4)5)25-41-35(23-29-15-11-9-12-16-29)36(24-30-17-13-10-14-18-30)42-26-32-20-28(2)22-34(38(32)44)40(6,7)8/h9-22,25-26,35-36,43-44H,23-24H2,1-8H3/t35-,36?/m1/s1. The maximum Gasteiger partial charge on any atom is 0.128 e. The van der Waals surface area contributed by atoms with Crippen LogP contribution in [0.1, 0.15) is 86.1 Å². The van der Waals surface area contributed by atoms with Gasteiger partial charge in [0.1, 0.15) is 11.5 Å². The Balaban J connectivity index is 1.82. The van der Waals surface area contributed by atoms with Crippen molar-refractivity contribution in [2.24, 2.45) is 9.98 Å². The number of rotatable bonds is 9. The number of benzene rings is 4. The summed E-state index contributed by atoms with van der Waals surface area (Å²) < 4.78 is 0. The van der Waals surface area contributed by atoms with Crippen molar-refractivity contribution in [2.45, 2.75) is 91.1 Å². The molecule has 1 unspecified atom stereocenters. The molecule has 0 aliphatic rings. The normalized spacial score (nSPS) is 13.9. The molecule has 0 aliphatic heterocycles. The minimum Gasteiger partial charge on any atom is -0.507 e. The van der Waals surface area contributed by atoms with Crippen molar-refractivity contribution in [1.82, 2.24) is 0 Å². The van der Waals surface area contributed by atoms with Crippen LogP contribution in [0.15, 0.2) is 94.9 Å². The fourth-order valence-corrected chi connectivity index (χ4v) is 5.59. The van der Waals surface area contributed by atoms with E-state index in [1.165, 1.54) is 11.1 Å². The Bertz CT molecular complexity index is 1480. The fourth-order valence-electron chi connectivity index (χ4n) is 5.59. The molecular formula is C40H48N2O2. The van der Waals surface area contributed by atoms with E-state index in [4.69, 9.17) is 9.98 Å². The molecule has 0 saturated heterocycles. The highest BCUT2D eigenvalue weighted by Crippen LogP contribution is 2.35. The topological polar surface area (TPSA) is 65.2 Å². The zero-order valence-corrected chi connectivity index (χ0v) is 27.6. The number of phenols is 2. The Labute approximate surface area is 264 Å². The molecule has 0 aliphatic carbocycles. The molecule has 0 fully saturated rings. The molecule has 4 aromatic carbocycles. The van der Waals surface area contributed by atoms with Gasteiger partial charge in [0.15, 0.2) is 0 Å². The predicted molar refractivity (Wildman–Crippen MR) is 186 cm³/mol. The Kier molecular flexibility index (Phi) is 10.1. The monoisotopic (exact) mass is 588 g/mol. The highest BCUT2D eigenvalue weighted by Gasteiger charge is 2.24. The molecule has 0 amide bonds. The van der Waals surface area contributed by atoms with Gasteiger partial charge in [-0.05, 0) is 71.9 Å². The van der Waals surface area contributed by atoms with E-state index in [-0.39, 0.29) is 34.4 Å². The van der Waals surface area contributed by atoms with Crippen LogP contribution in [-0.4, -0.2) is 34.7 Å². The Morgan fingerprint density at radius 2 is 0.909 bits per heavy atom. The van der Waals surface area contributed by atoms with E-state index in [9.17, 15) is 10.2 Å². The van der Waals surface area contributed by atoms with Crippen molar-refractivity contribution in [3.63, 3.8) is 0 Å². The van der Waals surface area contributed by atoms with Gasteiger partial charge in [-0.3, -0.25) is 9.98 Å². The number of aryl methyl sites for hydroxylation is 2. The summed E-state index contributed by atoms with van der Waals surface area (Å²) in [6.07, 6.45) is 5.00. The van der Waals surface area contributed by atoms with Gasteiger partial charge in [0, 0.05) is 34.7 Å². The lowest BCUT2D eigenvalue weighted by Gasteiger charge is -2.24. The summed E-state index contributed by atoms with van der Waals surface area (Å²) in [4.78, 5) is 10.3. The second-order valence-corrected chi connectivity index (χ2v) is 14.1. The largest absolute Gasteiger partial charge is 0.507 e. The van der Waals surface area contributed by atoms with Crippen LogP contribution in [-0.2, 0) is 23.7 Å². The van der Waals surface area contributed by atoms with Gasteiger partial charge >= 0.3 is 0 Å². The van der Waals surface area contributed by atoms with Crippen LogP contribution in [0, 0.1) is 13.8 Å². The van der Waals surface area contributed by atoms with Crippen molar-refractivity contribution in [3.8, 4) is 11.5 Å². The average Bonchev–Trinajstić information content (AvgIpc) is 2.96. The molecule has 2 atom stereocenters. The third kappa shape index (κ3) is 8.47. The first-order chi connectivity index (χ1) is 20.7. The minimum absolute atomic E-state index is 0.204. The molecule has 0 heterocycles. The van der Waals surface area contributed by atoms with E-state index < -0.39 is 0 Å². The number of aromatic hydroxyl groups is 2. The first-order valence-corrected chi connectivity index (χ1v) is 15.5. The molecule has 0 bridgehead atoms. The first kappa shape index (κ1) is 32.7. The summed E-state index contributed by atoms with van der Waals surface area (Å²) in [6, 6.07) is 28.4. The summed E-state index contributed by atoms with van der Waals surface area (Å²) in [6.45, 7) is 16.8. The number of nitrogens with zero attached hydrogens (tertiary/aromatic N) is 2. The molecule has 0 aromatic heterocycles. The van der Waals surface area contributed by atoms with Crippen molar-refractivity contribution >= 4 is 12.4 Å². The number of phenolic OH excluding ortho intramolecular Hbond substituents is 2. The van der Waals surface area contributed by atoms with Crippen LogP contribution >= 0.6 is 0 Å². The molecule has 4 aromatic rings. The molecular weight excluding hydrogens is 540 g/mol. The second-order valence-electron chi connectivity index (χ2n) is 14.1. The zero-order valence-electron chi connectivity index (χ0n) is 27.6. The van der Waals surface area contributed by atoms with Crippen LogP contribution in [0.5, 0.6) is 11.5 Å². The SMILES string of the molecule is Cc1cc(C=NC(Cc2ccccc2)[C@@H](Cc2ccccc2)N=Cc2cc(C)cc(C(C)(C)C)c2O)c(O)c(C(C)(C)C)c1. The van der Waals surface area contributed by atoms with Crippen LogP contribution < -0.4 is 0 Å². The van der Waals surface area contributed by atoms with Crippen LogP contribution in [0.4, 0.5) is 0 Å². The number of hydrogen-bond acceptors (Lipinski definition) is 4. The van der Waals surface area contributed by atoms with Crippen molar-refractivity contribution in [2.75, 3.05) is 0 Å². The van der Waals surface area contributed by atoms with E-state index in [1.807, 2.05) is 61.0 Å². The molecule has 0 saturated carbocycles. The smallest absolute Gasteiger partial charge is 0.128 e. The van der Waals surface area contributed by atoms with Crippen LogP contribution in [0.2, 0.25) is 0 Å². The van der Waals surface area contributed by atoms with Crippen molar-refractivity contribution in [3.05, 3.63) is 129 Å². The molecule has 4 rings (SSSR count). The molecule has 4 heteroatoms. The minimum atomic E-state index is -0.221. The Hall–Kier alpha value is -4.18. The number of aliphatic imine (C=N–C) groups is 2. The van der Waals surface area contributed by atoms with E-state index in [1.54, 1.807) is 0 Å². The Morgan fingerprint density at radius 1 is 0.568 bits per heavy atom. The van der Waals surface area contributed by atoms with E-state index in [2.05, 4.69) is 91.8 Å².